The molecular weight excluding hydrogens is 311 g/mol. The lowest BCUT2D eigenvalue weighted by Gasteiger charge is -2.05. The zero-order valence-electron chi connectivity index (χ0n) is 8.74. The van der Waals surface area contributed by atoms with Crippen LogP contribution in [0, 0.1) is 11.3 Å². The predicted molar refractivity (Wildman–Crippen MR) is 61.0 cm³/mol. The molecule has 0 aliphatic heterocycles. The van der Waals surface area contributed by atoms with E-state index in [4.69, 9.17) is 5.26 Å². The quantitative estimate of drug-likeness (QED) is 0.808. The second-order valence-electron chi connectivity index (χ2n) is 3.44. The van der Waals surface area contributed by atoms with Crippen LogP contribution in [0.15, 0.2) is 35.1 Å². The van der Waals surface area contributed by atoms with Gasteiger partial charge in [-0.2, -0.15) is 23.5 Å². The minimum atomic E-state index is -4.45. The SMILES string of the molecule is N#Cc1ccc(Br)cc1-n1cc(C(F)(F)F)cn1. The van der Waals surface area contributed by atoms with Gasteiger partial charge < -0.3 is 0 Å². The molecule has 2 aromatic rings. The van der Waals surface area contributed by atoms with Gasteiger partial charge in [0.1, 0.15) is 6.07 Å². The maximum atomic E-state index is 12.5. The molecule has 1 aromatic carbocycles. The first kappa shape index (κ1) is 12.6. The first-order valence-electron chi connectivity index (χ1n) is 4.73. The first-order chi connectivity index (χ1) is 8.41. The highest BCUT2D eigenvalue weighted by atomic mass is 79.9. The number of alkyl halides is 3. The van der Waals surface area contributed by atoms with Gasteiger partial charge in [0.2, 0.25) is 0 Å². The monoisotopic (exact) mass is 315 g/mol. The molecule has 0 saturated heterocycles. The molecule has 7 heteroatoms. The van der Waals surface area contributed by atoms with Gasteiger partial charge in [-0.15, -0.1) is 0 Å². The average molecular weight is 316 g/mol. The van der Waals surface area contributed by atoms with Gasteiger partial charge in [-0.3, -0.25) is 0 Å². The van der Waals surface area contributed by atoms with Crippen LogP contribution in [0.5, 0.6) is 0 Å². The number of benzene rings is 1. The summed E-state index contributed by atoms with van der Waals surface area (Å²) in [5.41, 5.74) is -0.316. The Morgan fingerprint density at radius 2 is 2.06 bits per heavy atom. The highest BCUT2D eigenvalue weighted by molar-refractivity contribution is 9.10. The predicted octanol–water partition coefficient (Wildman–Crippen LogP) is 3.53. The Kier molecular flexibility index (Phi) is 3.13. The maximum Gasteiger partial charge on any atom is 0.419 e. The summed E-state index contributed by atoms with van der Waals surface area (Å²) < 4.78 is 39.0. The van der Waals surface area contributed by atoms with Crippen molar-refractivity contribution in [3.8, 4) is 11.8 Å². The van der Waals surface area contributed by atoms with Crippen molar-refractivity contribution in [1.29, 1.82) is 5.26 Å². The number of hydrogen-bond donors (Lipinski definition) is 0. The lowest BCUT2D eigenvalue weighted by Crippen LogP contribution is -2.03. The normalized spacial score (nSPS) is 11.3. The summed E-state index contributed by atoms with van der Waals surface area (Å²) in [5.74, 6) is 0. The Morgan fingerprint density at radius 1 is 1.33 bits per heavy atom. The van der Waals surface area contributed by atoms with Gasteiger partial charge in [-0.1, -0.05) is 15.9 Å². The van der Waals surface area contributed by atoms with Crippen molar-refractivity contribution >= 4 is 15.9 Å². The van der Waals surface area contributed by atoms with Gasteiger partial charge in [0.15, 0.2) is 0 Å². The van der Waals surface area contributed by atoms with E-state index < -0.39 is 11.7 Å². The van der Waals surface area contributed by atoms with Gasteiger partial charge in [0.25, 0.3) is 0 Å². The molecule has 0 amide bonds. The summed E-state index contributed by atoms with van der Waals surface area (Å²) in [7, 11) is 0. The average Bonchev–Trinajstić information content (AvgIpc) is 2.77. The molecule has 2 rings (SSSR count). The molecule has 0 atom stereocenters. The van der Waals surface area contributed by atoms with Gasteiger partial charge >= 0.3 is 6.18 Å². The van der Waals surface area contributed by atoms with Crippen LogP contribution in [0.4, 0.5) is 13.2 Å². The zero-order valence-corrected chi connectivity index (χ0v) is 10.3. The second-order valence-corrected chi connectivity index (χ2v) is 4.36. The van der Waals surface area contributed by atoms with Crippen molar-refractivity contribution in [2.24, 2.45) is 0 Å². The van der Waals surface area contributed by atoms with Gasteiger partial charge in [-0.25, -0.2) is 4.68 Å². The minimum Gasteiger partial charge on any atom is -0.239 e. The van der Waals surface area contributed by atoms with E-state index in [0.717, 1.165) is 17.1 Å². The number of aromatic nitrogens is 2. The second kappa shape index (κ2) is 4.46. The van der Waals surface area contributed by atoms with Crippen molar-refractivity contribution < 1.29 is 13.2 Å². The Labute approximate surface area is 109 Å². The Hall–Kier alpha value is -1.81. The largest absolute Gasteiger partial charge is 0.419 e. The van der Waals surface area contributed by atoms with E-state index in [9.17, 15) is 13.2 Å². The van der Waals surface area contributed by atoms with Gasteiger partial charge in [0.05, 0.1) is 23.0 Å². The van der Waals surface area contributed by atoms with Crippen LogP contribution in [-0.4, -0.2) is 9.78 Å². The molecule has 0 fully saturated rings. The van der Waals surface area contributed by atoms with Crippen LogP contribution < -0.4 is 0 Å². The first-order valence-corrected chi connectivity index (χ1v) is 5.53. The van der Waals surface area contributed by atoms with E-state index in [-0.39, 0.29) is 5.56 Å². The fourth-order valence-corrected chi connectivity index (χ4v) is 1.74. The van der Waals surface area contributed by atoms with Crippen molar-refractivity contribution in [3.05, 3.63) is 46.2 Å². The summed E-state index contributed by atoms with van der Waals surface area (Å²) in [4.78, 5) is 0. The number of rotatable bonds is 1. The van der Waals surface area contributed by atoms with Crippen molar-refractivity contribution in [2.75, 3.05) is 0 Å². The molecule has 1 heterocycles. The van der Waals surface area contributed by atoms with E-state index >= 15 is 0 Å². The van der Waals surface area contributed by atoms with Crippen LogP contribution >= 0.6 is 15.9 Å². The standard InChI is InChI=1S/C11H5BrF3N3/c12-9-2-1-7(4-16)10(3-9)18-6-8(5-17-18)11(13,14)15/h1-3,5-6H. The number of hydrogen-bond acceptors (Lipinski definition) is 2. The van der Waals surface area contributed by atoms with Crippen molar-refractivity contribution in [3.63, 3.8) is 0 Å². The van der Waals surface area contributed by atoms with E-state index in [1.165, 1.54) is 12.1 Å². The molecule has 0 unspecified atom stereocenters. The van der Waals surface area contributed by atoms with Gasteiger partial charge in [0, 0.05) is 10.7 Å². The highest BCUT2D eigenvalue weighted by Crippen LogP contribution is 2.29. The van der Waals surface area contributed by atoms with Crippen LogP contribution in [0.2, 0.25) is 0 Å². The number of nitriles is 1. The molecule has 0 saturated carbocycles. The van der Waals surface area contributed by atoms with Crippen molar-refractivity contribution in [2.45, 2.75) is 6.18 Å². The molecule has 0 radical (unpaired) electrons. The van der Waals surface area contributed by atoms with Crippen LogP contribution in [0.25, 0.3) is 5.69 Å². The van der Waals surface area contributed by atoms with Crippen LogP contribution in [0.1, 0.15) is 11.1 Å². The molecule has 3 nitrogen and oxygen atoms in total. The molecule has 0 aliphatic carbocycles. The zero-order chi connectivity index (χ0) is 13.3. The van der Waals surface area contributed by atoms with Crippen molar-refractivity contribution in [1.82, 2.24) is 9.78 Å². The summed E-state index contributed by atoms with van der Waals surface area (Å²) in [6.45, 7) is 0. The number of halogens is 4. The Balaban J connectivity index is 2.53. The fourth-order valence-electron chi connectivity index (χ4n) is 1.39. The molecule has 92 valence electrons. The number of nitrogens with zero attached hydrogens (tertiary/aromatic N) is 3. The maximum absolute atomic E-state index is 12.5. The summed E-state index contributed by atoms with van der Waals surface area (Å²) in [6, 6.07) is 6.58. The minimum absolute atomic E-state index is 0.245. The summed E-state index contributed by atoms with van der Waals surface area (Å²) in [6.07, 6.45) is -2.87. The smallest absolute Gasteiger partial charge is 0.239 e. The molecule has 0 aliphatic rings. The van der Waals surface area contributed by atoms with E-state index in [1.807, 2.05) is 6.07 Å². The lowest BCUT2D eigenvalue weighted by atomic mass is 10.2. The fraction of sp³-hybridized carbons (Fsp3) is 0.0909. The summed E-state index contributed by atoms with van der Waals surface area (Å²) in [5, 5.41) is 12.5. The molecular formula is C11H5BrF3N3. The molecule has 0 N–H and O–H groups in total. The van der Waals surface area contributed by atoms with Crippen LogP contribution in [0.3, 0.4) is 0 Å². The molecule has 0 spiro atoms. The molecule has 0 bridgehead atoms. The third-order valence-corrected chi connectivity index (χ3v) is 2.73. The van der Waals surface area contributed by atoms with E-state index in [0.29, 0.717) is 10.2 Å². The summed E-state index contributed by atoms with van der Waals surface area (Å²) >= 11 is 3.20. The van der Waals surface area contributed by atoms with Crippen LogP contribution in [-0.2, 0) is 6.18 Å². The Bertz CT molecular complexity index is 625. The Morgan fingerprint density at radius 3 is 2.61 bits per heavy atom. The molecule has 18 heavy (non-hydrogen) atoms. The lowest BCUT2D eigenvalue weighted by molar-refractivity contribution is -0.137. The third-order valence-electron chi connectivity index (χ3n) is 2.24. The third kappa shape index (κ3) is 2.38. The van der Waals surface area contributed by atoms with E-state index in [1.54, 1.807) is 6.07 Å². The topological polar surface area (TPSA) is 41.6 Å². The highest BCUT2D eigenvalue weighted by Gasteiger charge is 2.32. The van der Waals surface area contributed by atoms with E-state index in [2.05, 4.69) is 21.0 Å². The van der Waals surface area contributed by atoms with Gasteiger partial charge in [-0.05, 0) is 18.2 Å². The molecule has 1 aromatic heterocycles.